The van der Waals surface area contributed by atoms with Gasteiger partial charge in [0.05, 0.1) is 0 Å². The van der Waals surface area contributed by atoms with Crippen LogP contribution in [0.2, 0.25) is 14.6 Å². The van der Waals surface area contributed by atoms with E-state index in [1.165, 1.54) is 0 Å². The molecule has 0 heterocycles. The standard InChI is InChI=1S/2C2H3ClO2.3CH3.Sb/c2*3-1-2(4)5;;;;/h2*1H2,(H,4,5);3*1H3;/q;;;;;+2/p-2. The van der Waals surface area contributed by atoms with E-state index in [-0.39, 0.29) is 11.8 Å². The summed E-state index contributed by atoms with van der Waals surface area (Å²) in [6, 6.07) is 0. The van der Waals surface area contributed by atoms with E-state index in [1.54, 1.807) is 14.6 Å². The van der Waals surface area contributed by atoms with E-state index in [2.05, 4.69) is 0 Å². The van der Waals surface area contributed by atoms with Crippen molar-refractivity contribution in [2.24, 2.45) is 0 Å². The molecule has 0 aromatic rings. The molecule has 0 atom stereocenters. The van der Waals surface area contributed by atoms with E-state index >= 15 is 0 Å². The van der Waals surface area contributed by atoms with Crippen LogP contribution < -0.4 is 0 Å². The summed E-state index contributed by atoms with van der Waals surface area (Å²) >= 11 is 6.56. The summed E-state index contributed by atoms with van der Waals surface area (Å²) in [6.07, 6.45) is 0. The van der Waals surface area contributed by atoms with E-state index in [9.17, 15) is 9.59 Å². The van der Waals surface area contributed by atoms with Crippen LogP contribution in [0.4, 0.5) is 0 Å². The molecule has 0 rings (SSSR count). The van der Waals surface area contributed by atoms with Gasteiger partial charge in [-0.25, -0.2) is 0 Å². The van der Waals surface area contributed by atoms with Gasteiger partial charge in [0.2, 0.25) is 0 Å². The Kier molecular flexibility index (Phi) is 5.03. The van der Waals surface area contributed by atoms with Crippen molar-refractivity contribution in [2.75, 3.05) is 11.8 Å². The molecule has 0 amide bonds. The number of carbonyl (C=O) groups excluding carboxylic acids is 2. The molecule has 0 radical (unpaired) electrons. The Hall–Kier alpha value is 0.338. The van der Waals surface area contributed by atoms with Gasteiger partial charge in [0, 0.05) is 0 Å². The van der Waals surface area contributed by atoms with Crippen molar-refractivity contribution in [2.45, 2.75) is 14.6 Å². The number of hydrogen-bond acceptors (Lipinski definition) is 4. The third-order valence-electron chi connectivity index (χ3n) is 1.04. The monoisotopic (exact) mass is 352 g/mol. The zero-order valence-electron chi connectivity index (χ0n) is 8.25. The van der Waals surface area contributed by atoms with Gasteiger partial charge in [-0.15, -0.1) is 0 Å². The Morgan fingerprint density at radius 1 is 1.00 bits per heavy atom. The van der Waals surface area contributed by atoms with Crippen LogP contribution in [0.25, 0.3) is 0 Å². The fraction of sp³-hybridized carbons (Fsp3) is 0.714. The summed E-state index contributed by atoms with van der Waals surface area (Å²) in [5.74, 6) is -1.67. The van der Waals surface area contributed by atoms with Crippen LogP contribution in [0.15, 0.2) is 0 Å². The van der Waals surface area contributed by atoms with E-state index in [1.807, 2.05) is 0 Å². The predicted molar refractivity (Wildman–Crippen MR) is 57.0 cm³/mol. The molecule has 0 spiro atoms. The number of halogens is 2. The Bertz CT molecular complexity index is 224. The van der Waals surface area contributed by atoms with E-state index in [0.717, 1.165) is 0 Å². The quantitative estimate of drug-likeness (QED) is 0.571. The summed E-state index contributed by atoms with van der Waals surface area (Å²) in [6.45, 7) is 0. The Morgan fingerprint density at radius 3 is 1.50 bits per heavy atom. The molecule has 0 aliphatic carbocycles. The first-order valence-electron chi connectivity index (χ1n) is 3.76. The van der Waals surface area contributed by atoms with Crippen molar-refractivity contribution in [1.82, 2.24) is 0 Å². The number of rotatable bonds is 4. The van der Waals surface area contributed by atoms with Gasteiger partial charge >= 0.3 is 95.4 Å². The molecule has 0 saturated heterocycles. The second-order valence-corrected chi connectivity index (χ2v) is 19.6. The summed E-state index contributed by atoms with van der Waals surface area (Å²) < 4.78 is 10.2. The molecule has 14 heavy (non-hydrogen) atoms. The van der Waals surface area contributed by atoms with Crippen LogP contribution in [-0.4, -0.2) is 41.9 Å². The Balaban J connectivity index is 4.51. The van der Waals surface area contributed by atoms with E-state index < -0.39 is 30.2 Å². The van der Waals surface area contributed by atoms with Crippen molar-refractivity contribution in [3.05, 3.63) is 0 Å². The molecule has 0 aromatic carbocycles. The van der Waals surface area contributed by atoms with Gasteiger partial charge in [0.1, 0.15) is 0 Å². The van der Waals surface area contributed by atoms with Gasteiger partial charge in [-0.3, -0.25) is 0 Å². The molecule has 0 aromatic heterocycles. The van der Waals surface area contributed by atoms with Gasteiger partial charge in [-0.05, 0) is 0 Å². The van der Waals surface area contributed by atoms with E-state index in [4.69, 9.17) is 29.2 Å². The number of alkyl halides is 2. The topological polar surface area (TPSA) is 52.6 Å². The third kappa shape index (κ3) is 5.94. The normalized spacial score (nSPS) is 13.9. The van der Waals surface area contributed by atoms with Gasteiger partial charge < -0.3 is 0 Å². The number of carbonyl (C=O) groups is 2. The van der Waals surface area contributed by atoms with Crippen molar-refractivity contribution in [3.8, 4) is 0 Å². The van der Waals surface area contributed by atoms with Crippen LogP contribution >= 0.6 is 23.2 Å². The average Bonchev–Trinajstić information content (AvgIpc) is 2.01. The van der Waals surface area contributed by atoms with Crippen molar-refractivity contribution in [1.29, 1.82) is 0 Å². The number of hydrogen-bond donors (Lipinski definition) is 0. The molecule has 0 saturated carbocycles. The summed E-state index contributed by atoms with van der Waals surface area (Å²) in [7, 11) is 0. The zero-order valence-corrected chi connectivity index (χ0v) is 12.3. The molecule has 0 unspecified atom stereocenters. The molecule has 0 fully saturated rings. The minimum atomic E-state index is -4.00. The molecular weight excluding hydrogens is 341 g/mol. The van der Waals surface area contributed by atoms with Crippen molar-refractivity contribution >= 4 is 53.4 Å². The Morgan fingerprint density at radius 2 is 1.29 bits per heavy atom. The van der Waals surface area contributed by atoms with Crippen LogP contribution in [-0.2, 0) is 15.6 Å². The predicted octanol–water partition coefficient (Wildman–Crippen LogP) is 1.84. The first kappa shape index (κ1) is 14.3. The van der Waals surface area contributed by atoms with Crippen LogP contribution in [0.1, 0.15) is 0 Å². The second kappa shape index (κ2) is 4.91. The van der Waals surface area contributed by atoms with Crippen LogP contribution in [0.3, 0.4) is 0 Å². The van der Waals surface area contributed by atoms with Crippen LogP contribution in [0, 0.1) is 0 Å². The first-order valence-corrected chi connectivity index (χ1v) is 14.6. The molecule has 4 nitrogen and oxygen atoms in total. The molecular formula is C7H13Cl2O4Sb. The minimum absolute atomic E-state index is 0.254. The maximum atomic E-state index is 11.0. The Labute approximate surface area is 95.0 Å². The van der Waals surface area contributed by atoms with Crippen molar-refractivity contribution in [3.63, 3.8) is 0 Å². The molecule has 0 N–H and O–H groups in total. The van der Waals surface area contributed by atoms with Gasteiger partial charge in [-0.1, -0.05) is 0 Å². The average molecular weight is 354 g/mol. The molecule has 84 valence electrons. The molecule has 7 heteroatoms. The van der Waals surface area contributed by atoms with Gasteiger partial charge in [0.15, 0.2) is 0 Å². The second-order valence-electron chi connectivity index (χ2n) is 3.71. The third-order valence-corrected chi connectivity index (χ3v) is 6.19. The fourth-order valence-corrected chi connectivity index (χ4v) is 5.76. The first-order chi connectivity index (χ1) is 6.18. The molecule has 0 aliphatic heterocycles. The van der Waals surface area contributed by atoms with E-state index in [0.29, 0.717) is 0 Å². The zero-order chi connectivity index (χ0) is 11.4. The van der Waals surface area contributed by atoms with Crippen LogP contribution in [0.5, 0.6) is 0 Å². The molecule has 0 aliphatic rings. The van der Waals surface area contributed by atoms with Gasteiger partial charge in [0.25, 0.3) is 0 Å². The summed E-state index contributed by atoms with van der Waals surface area (Å²) in [5, 5.41) is 0. The summed E-state index contributed by atoms with van der Waals surface area (Å²) in [5.41, 5.74) is 0. The SMILES string of the molecule is [CH3][Sb]([CH3])([CH3])([O]C(=O)CCl)[O]C(=O)CCl. The fourth-order valence-electron chi connectivity index (χ4n) is 0.761. The molecule has 0 bridgehead atoms. The van der Waals surface area contributed by atoms with Crippen molar-refractivity contribution < 1.29 is 15.6 Å². The summed E-state index contributed by atoms with van der Waals surface area (Å²) in [4.78, 5) is 26.9. The van der Waals surface area contributed by atoms with Gasteiger partial charge in [-0.2, -0.15) is 0 Å². The maximum absolute atomic E-state index is 11.0.